The molecule has 0 saturated carbocycles. The molecule has 0 aliphatic carbocycles. The van der Waals surface area contributed by atoms with E-state index in [1.807, 2.05) is 0 Å². The van der Waals surface area contributed by atoms with Crippen molar-refractivity contribution in [2.45, 2.75) is 30.9 Å². The lowest BCUT2D eigenvalue weighted by Gasteiger charge is -2.14. The Labute approximate surface area is 250 Å². The normalized spacial score (nSPS) is 11.7. The first-order valence-corrected chi connectivity index (χ1v) is 14.7. The van der Waals surface area contributed by atoms with Gasteiger partial charge in [-0.15, -0.1) is 0 Å². The minimum Gasteiger partial charge on any atom is -0.507 e. The number of pyridine rings is 1. The fourth-order valence-electron chi connectivity index (χ4n) is 3.97. The number of aromatic hydroxyl groups is 1. The Bertz CT molecular complexity index is 1760. The molecule has 41 heavy (non-hydrogen) atoms. The monoisotopic (exact) mass is 637 g/mol. The summed E-state index contributed by atoms with van der Waals surface area (Å²) in [5.41, 5.74) is 0.897. The predicted molar refractivity (Wildman–Crippen MR) is 157 cm³/mol. The van der Waals surface area contributed by atoms with Crippen LogP contribution in [0.4, 0.5) is 4.39 Å². The lowest BCUT2D eigenvalue weighted by molar-refractivity contribution is 0.132. The number of hydrogen-bond donors (Lipinski definition) is 2. The number of hydrogen-bond acceptors (Lipinski definition) is 6. The molecule has 4 aromatic rings. The summed E-state index contributed by atoms with van der Waals surface area (Å²) in [5.74, 6) is -1.03. The molecule has 4 rings (SSSR count). The highest BCUT2D eigenvalue weighted by atomic mass is 35.5. The number of oxime groups is 1. The molecule has 0 aliphatic rings. The first-order chi connectivity index (χ1) is 19.4. The van der Waals surface area contributed by atoms with Crippen LogP contribution in [0.25, 0.3) is 0 Å². The Kier molecular flexibility index (Phi) is 9.72. The second kappa shape index (κ2) is 13.1. The van der Waals surface area contributed by atoms with Crippen LogP contribution in [0.5, 0.6) is 5.75 Å². The second-order valence-corrected chi connectivity index (χ2v) is 11.8. The summed E-state index contributed by atoms with van der Waals surface area (Å²) in [6, 6.07) is 15.0. The van der Waals surface area contributed by atoms with Crippen LogP contribution < -0.4 is 10.7 Å². The third-order valence-corrected chi connectivity index (χ3v) is 8.05. The van der Waals surface area contributed by atoms with Crippen LogP contribution in [0.1, 0.15) is 27.8 Å². The smallest absolute Gasteiger partial charge is 0.257 e. The van der Waals surface area contributed by atoms with E-state index in [0.717, 1.165) is 5.56 Å². The molecule has 13 heteroatoms. The van der Waals surface area contributed by atoms with Crippen molar-refractivity contribution in [3.8, 4) is 5.75 Å². The molecule has 0 atom stereocenters. The van der Waals surface area contributed by atoms with Crippen molar-refractivity contribution in [1.29, 1.82) is 0 Å². The van der Waals surface area contributed by atoms with Crippen molar-refractivity contribution in [3.05, 3.63) is 126 Å². The van der Waals surface area contributed by atoms with Gasteiger partial charge in [-0.3, -0.25) is 4.79 Å². The van der Waals surface area contributed by atoms with E-state index in [1.54, 1.807) is 30.3 Å². The molecule has 1 heterocycles. The van der Waals surface area contributed by atoms with Crippen molar-refractivity contribution in [2.24, 2.45) is 10.3 Å². The first kappa shape index (κ1) is 30.5. The highest BCUT2D eigenvalue weighted by molar-refractivity contribution is 7.89. The van der Waals surface area contributed by atoms with E-state index in [0.29, 0.717) is 22.0 Å². The van der Waals surface area contributed by atoms with Crippen molar-refractivity contribution >= 4 is 51.0 Å². The number of nitrogens with two attached hydrogens (primary N) is 1. The van der Waals surface area contributed by atoms with Crippen LogP contribution >= 0.6 is 34.8 Å². The topological polar surface area (TPSA) is 124 Å². The molecular formula is C28H23Cl3FN3O5S. The van der Waals surface area contributed by atoms with Crippen LogP contribution in [-0.2, 0) is 40.9 Å². The number of benzene rings is 3. The zero-order chi connectivity index (χ0) is 29.7. The molecule has 0 saturated heterocycles. The Morgan fingerprint density at radius 1 is 1.02 bits per heavy atom. The van der Waals surface area contributed by atoms with Crippen LogP contribution in [0.3, 0.4) is 0 Å². The van der Waals surface area contributed by atoms with Gasteiger partial charge in [0.2, 0.25) is 10.0 Å². The van der Waals surface area contributed by atoms with Gasteiger partial charge in [0.05, 0.1) is 22.2 Å². The molecule has 0 spiro atoms. The van der Waals surface area contributed by atoms with Gasteiger partial charge >= 0.3 is 0 Å². The van der Waals surface area contributed by atoms with Gasteiger partial charge < -0.3 is 14.5 Å². The molecule has 0 aliphatic heterocycles. The van der Waals surface area contributed by atoms with Crippen molar-refractivity contribution in [1.82, 2.24) is 4.57 Å². The lowest BCUT2D eigenvalue weighted by atomic mass is 10.0. The Morgan fingerprint density at radius 3 is 2.41 bits per heavy atom. The Hall–Kier alpha value is -3.41. The molecular weight excluding hydrogens is 616 g/mol. The minimum absolute atomic E-state index is 0.0130. The van der Waals surface area contributed by atoms with E-state index < -0.39 is 27.1 Å². The van der Waals surface area contributed by atoms with Crippen molar-refractivity contribution in [3.63, 3.8) is 0 Å². The third-order valence-electron chi connectivity index (χ3n) is 6.18. The molecule has 1 aromatic heterocycles. The summed E-state index contributed by atoms with van der Waals surface area (Å²) in [4.78, 5) is 18.7. The van der Waals surface area contributed by atoms with Gasteiger partial charge in [0.1, 0.15) is 18.2 Å². The minimum atomic E-state index is -3.84. The second-order valence-electron chi connectivity index (χ2n) is 8.97. The van der Waals surface area contributed by atoms with Crippen LogP contribution in [0.15, 0.2) is 81.7 Å². The van der Waals surface area contributed by atoms with Crippen molar-refractivity contribution in [2.75, 3.05) is 0 Å². The number of primary sulfonamides is 1. The third kappa shape index (κ3) is 7.66. The fraction of sp³-hybridized carbons (Fsp3) is 0.143. The van der Waals surface area contributed by atoms with Gasteiger partial charge in [-0.1, -0.05) is 64.2 Å². The molecule has 0 radical (unpaired) electrons. The van der Waals surface area contributed by atoms with Crippen molar-refractivity contribution < 1.29 is 22.8 Å². The number of halogens is 4. The van der Waals surface area contributed by atoms with Gasteiger partial charge in [-0.25, -0.2) is 17.9 Å². The summed E-state index contributed by atoms with van der Waals surface area (Å²) in [6.07, 6.45) is 2.67. The Balaban J connectivity index is 1.64. The summed E-state index contributed by atoms with van der Waals surface area (Å²) in [5, 5.41) is 21.0. The van der Waals surface area contributed by atoms with Gasteiger partial charge in [-0.05, 0) is 48.4 Å². The SMILES string of the molecule is NS(=O)(=O)c1ccc(CCn2cc(/C=N\OCc3ccc(Cl)cc3Cl)c(O)c(Cc3c(F)cccc3Cl)c2=O)cc1. The van der Waals surface area contributed by atoms with E-state index >= 15 is 0 Å². The maximum atomic E-state index is 14.6. The molecule has 0 fully saturated rings. The number of rotatable bonds is 10. The molecule has 8 nitrogen and oxygen atoms in total. The highest BCUT2D eigenvalue weighted by Crippen LogP contribution is 2.27. The number of sulfonamides is 1. The fourth-order valence-corrected chi connectivity index (χ4v) is 5.18. The predicted octanol–water partition coefficient (Wildman–Crippen LogP) is 5.68. The quantitative estimate of drug-likeness (QED) is 0.171. The Morgan fingerprint density at radius 2 is 1.76 bits per heavy atom. The lowest BCUT2D eigenvalue weighted by Crippen LogP contribution is -2.26. The largest absolute Gasteiger partial charge is 0.507 e. The first-order valence-electron chi connectivity index (χ1n) is 12.0. The van der Waals surface area contributed by atoms with Gasteiger partial charge in [0, 0.05) is 45.4 Å². The van der Waals surface area contributed by atoms with E-state index in [2.05, 4.69) is 5.16 Å². The summed E-state index contributed by atoms with van der Waals surface area (Å²) in [7, 11) is -3.84. The van der Waals surface area contributed by atoms with E-state index in [4.69, 9.17) is 44.8 Å². The average Bonchev–Trinajstić information content (AvgIpc) is 2.91. The van der Waals surface area contributed by atoms with Gasteiger partial charge in [0.15, 0.2) is 0 Å². The van der Waals surface area contributed by atoms with Gasteiger partial charge in [0.25, 0.3) is 5.56 Å². The maximum Gasteiger partial charge on any atom is 0.257 e. The summed E-state index contributed by atoms with van der Waals surface area (Å²) in [6.45, 7) is 0.160. The number of nitrogens with zero attached hydrogens (tertiary/aromatic N) is 2. The summed E-state index contributed by atoms with van der Waals surface area (Å²) >= 11 is 18.3. The molecule has 3 N–H and O–H groups in total. The number of aromatic nitrogens is 1. The molecule has 0 amide bonds. The molecule has 3 aromatic carbocycles. The molecule has 214 valence electrons. The zero-order valence-corrected chi connectivity index (χ0v) is 24.3. The molecule has 0 bridgehead atoms. The van der Waals surface area contributed by atoms with E-state index in [1.165, 1.54) is 47.3 Å². The maximum absolute atomic E-state index is 14.6. The van der Waals surface area contributed by atoms with Gasteiger partial charge in [-0.2, -0.15) is 0 Å². The van der Waals surface area contributed by atoms with Crippen LogP contribution in [-0.4, -0.2) is 24.3 Å². The number of aryl methyl sites for hydroxylation is 2. The van der Waals surface area contributed by atoms with E-state index in [-0.39, 0.29) is 46.2 Å². The standard InChI is InChI=1S/C28H23Cl3FN3O5S/c29-20-7-6-18(25(31)12-20)16-40-34-14-19-15-35(11-10-17-4-8-21(9-5-17)41(33,38)39)28(37)23(27(19)36)13-22-24(30)2-1-3-26(22)32/h1-9,12,14-15,36H,10-11,13,16H2,(H2,33,38,39)/b34-14-. The van der Waals surface area contributed by atoms with Crippen LogP contribution in [0, 0.1) is 5.82 Å². The van der Waals surface area contributed by atoms with E-state index in [9.17, 15) is 22.7 Å². The average molecular weight is 639 g/mol. The molecule has 0 unspecified atom stereocenters. The highest BCUT2D eigenvalue weighted by Gasteiger charge is 2.19. The zero-order valence-electron chi connectivity index (χ0n) is 21.2. The summed E-state index contributed by atoms with van der Waals surface area (Å²) < 4.78 is 39.0. The van der Waals surface area contributed by atoms with Crippen LogP contribution in [0.2, 0.25) is 15.1 Å².